The Kier molecular flexibility index (Phi) is 4.65. The van der Waals surface area contributed by atoms with Crippen LogP contribution >= 0.6 is 0 Å². The second-order valence-corrected chi connectivity index (χ2v) is 10.3. The second-order valence-electron chi connectivity index (χ2n) is 10.3. The monoisotopic (exact) mass is 548 g/mol. The third kappa shape index (κ3) is 3.19. The number of aryl methyl sites for hydroxylation is 1. The topological polar surface area (TPSA) is 131 Å². The van der Waals surface area contributed by atoms with Crippen molar-refractivity contribution in [3.8, 4) is 0 Å². The van der Waals surface area contributed by atoms with Crippen molar-refractivity contribution in [2.45, 2.75) is 13.1 Å². The van der Waals surface area contributed by atoms with E-state index in [0.29, 0.717) is 13.1 Å². The molecule has 0 bridgehead atoms. The van der Waals surface area contributed by atoms with Gasteiger partial charge in [-0.1, -0.05) is 0 Å². The van der Waals surface area contributed by atoms with E-state index < -0.39 is 0 Å². The number of rotatable bonds is 4. The number of hydrogen-bond acceptors (Lipinski definition) is 9. The molecular formula is C30H20N12. The van der Waals surface area contributed by atoms with Gasteiger partial charge in [0, 0.05) is 42.6 Å². The van der Waals surface area contributed by atoms with E-state index in [2.05, 4.69) is 60.7 Å². The molecule has 0 aliphatic heterocycles. The molecule has 12 nitrogen and oxygen atoms in total. The van der Waals surface area contributed by atoms with Gasteiger partial charge < -0.3 is 13.7 Å². The molecule has 9 rings (SSSR count). The van der Waals surface area contributed by atoms with Crippen LogP contribution in [0.2, 0.25) is 0 Å². The smallest absolute Gasteiger partial charge is 0.161 e. The quantitative estimate of drug-likeness (QED) is 0.317. The van der Waals surface area contributed by atoms with Gasteiger partial charge in [-0.2, -0.15) is 0 Å². The molecule has 0 unspecified atom stereocenters. The Bertz CT molecular complexity index is 2450. The summed E-state index contributed by atoms with van der Waals surface area (Å²) < 4.78 is 6.32. The molecule has 0 aliphatic carbocycles. The highest BCUT2D eigenvalue weighted by atomic mass is 15.1. The summed E-state index contributed by atoms with van der Waals surface area (Å²) in [6, 6.07) is 8.22. The number of aromatic nitrogens is 12. The summed E-state index contributed by atoms with van der Waals surface area (Å²) in [5, 5.41) is 1.99. The molecule has 0 N–H and O–H groups in total. The summed E-state index contributed by atoms with van der Waals surface area (Å²) >= 11 is 0. The van der Waals surface area contributed by atoms with Gasteiger partial charge in [0.1, 0.15) is 34.9 Å². The minimum absolute atomic E-state index is 0.505. The maximum absolute atomic E-state index is 4.95. The third-order valence-corrected chi connectivity index (χ3v) is 7.93. The molecule has 0 amide bonds. The largest absolute Gasteiger partial charge is 0.340 e. The van der Waals surface area contributed by atoms with E-state index >= 15 is 0 Å². The van der Waals surface area contributed by atoms with Gasteiger partial charge in [0.25, 0.3) is 0 Å². The first-order chi connectivity index (χ1) is 20.7. The summed E-state index contributed by atoms with van der Waals surface area (Å²) in [7, 11) is 2.00. The number of fused-ring (bicyclic) bond motifs is 9. The van der Waals surface area contributed by atoms with E-state index in [1.54, 1.807) is 31.2 Å². The van der Waals surface area contributed by atoms with Crippen molar-refractivity contribution in [2.24, 2.45) is 7.05 Å². The van der Waals surface area contributed by atoms with Gasteiger partial charge in [-0.05, 0) is 29.8 Å². The summed E-state index contributed by atoms with van der Waals surface area (Å²) in [6.45, 7) is 1.07. The van der Waals surface area contributed by atoms with Crippen molar-refractivity contribution in [3.05, 3.63) is 91.6 Å². The molecule has 0 radical (unpaired) electrons. The summed E-state index contributed by atoms with van der Waals surface area (Å²) in [5.41, 5.74) is 10.7. The molecule has 0 fully saturated rings. The minimum Gasteiger partial charge on any atom is -0.340 e. The van der Waals surface area contributed by atoms with Crippen molar-refractivity contribution in [2.75, 3.05) is 0 Å². The van der Waals surface area contributed by atoms with Gasteiger partial charge >= 0.3 is 0 Å². The van der Waals surface area contributed by atoms with Crippen LogP contribution in [-0.2, 0) is 20.1 Å². The second kappa shape index (κ2) is 8.54. The maximum atomic E-state index is 4.95. The molecule has 0 saturated carbocycles. The van der Waals surface area contributed by atoms with Crippen LogP contribution in [0.5, 0.6) is 0 Å². The van der Waals surface area contributed by atoms with Crippen LogP contribution in [-0.4, -0.2) is 58.6 Å². The normalized spacial score (nSPS) is 12.1. The van der Waals surface area contributed by atoms with Crippen molar-refractivity contribution < 1.29 is 0 Å². The van der Waals surface area contributed by atoms with Crippen LogP contribution in [0.4, 0.5) is 0 Å². The van der Waals surface area contributed by atoms with Gasteiger partial charge in [-0.3, -0.25) is 9.97 Å². The fraction of sp³-hybridized carbons (Fsp3) is 0.100. The predicted molar refractivity (Wildman–Crippen MR) is 158 cm³/mol. The molecule has 9 aromatic rings. The van der Waals surface area contributed by atoms with E-state index in [4.69, 9.17) is 9.97 Å². The molecule has 200 valence electrons. The van der Waals surface area contributed by atoms with E-state index in [9.17, 15) is 0 Å². The summed E-state index contributed by atoms with van der Waals surface area (Å²) in [5.74, 6) is 0. The van der Waals surface area contributed by atoms with Gasteiger partial charge in [-0.15, -0.1) is 0 Å². The van der Waals surface area contributed by atoms with Gasteiger partial charge in [0.2, 0.25) is 0 Å². The molecule has 0 atom stereocenters. The van der Waals surface area contributed by atoms with E-state index in [-0.39, 0.29) is 0 Å². The van der Waals surface area contributed by atoms with E-state index in [0.717, 1.165) is 77.5 Å². The van der Waals surface area contributed by atoms with Crippen LogP contribution in [0.25, 0.3) is 66.2 Å². The first-order valence-corrected chi connectivity index (χ1v) is 13.4. The zero-order valence-electron chi connectivity index (χ0n) is 22.3. The fourth-order valence-corrected chi connectivity index (χ4v) is 6.03. The fourth-order valence-electron chi connectivity index (χ4n) is 6.03. The van der Waals surface area contributed by atoms with Crippen molar-refractivity contribution in [1.29, 1.82) is 0 Å². The number of hydrogen-bond donors (Lipinski definition) is 0. The Morgan fingerprint density at radius 1 is 0.571 bits per heavy atom. The summed E-state index contributed by atoms with van der Waals surface area (Å²) in [6.07, 6.45) is 15.8. The van der Waals surface area contributed by atoms with Crippen LogP contribution < -0.4 is 0 Å². The lowest BCUT2D eigenvalue weighted by Crippen LogP contribution is -2.04. The van der Waals surface area contributed by atoms with Crippen molar-refractivity contribution in [3.63, 3.8) is 0 Å². The predicted octanol–water partition coefficient (Wildman–Crippen LogP) is 4.20. The van der Waals surface area contributed by atoms with Crippen molar-refractivity contribution in [1.82, 2.24) is 58.6 Å². The number of pyridine rings is 3. The molecule has 12 heteroatoms. The SMILES string of the molecule is Cn1c2cnc(Cn3c4cncnc4c4cc(Cn5c6cccnc6c6nccnc65)cnc43)cc2c2ncncc21. The van der Waals surface area contributed by atoms with E-state index in [1.807, 2.05) is 44.0 Å². The minimum atomic E-state index is 0.505. The standard InChI is InChI=1S/C30H20N12/c1-40-22-12-36-18(8-19(22)25-23(40)10-31-15-38-25)14-42-24-11-32-16-39-26(24)20-7-17(9-37-29(20)42)13-41-21-3-2-4-33-27(21)28-30(41)35-6-5-34-28/h2-12,15-16H,13-14H2,1H3. The Morgan fingerprint density at radius 2 is 1.36 bits per heavy atom. The average molecular weight is 549 g/mol. The lowest BCUT2D eigenvalue weighted by atomic mass is 10.2. The lowest BCUT2D eigenvalue weighted by molar-refractivity contribution is 0.819. The molecule has 9 aromatic heterocycles. The Labute approximate surface area is 236 Å². The maximum Gasteiger partial charge on any atom is 0.161 e. The van der Waals surface area contributed by atoms with Gasteiger partial charge in [-0.25, -0.2) is 34.9 Å². The highest BCUT2D eigenvalue weighted by Crippen LogP contribution is 2.30. The van der Waals surface area contributed by atoms with E-state index in [1.165, 1.54) is 0 Å². The molecule has 0 aromatic carbocycles. The Morgan fingerprint density at radius 3 is 2.26 bits per heavy atom. The van der Waals surface area contributed by atoms with Gasteiger partial charge in [0.05, 0.1) is 65.0 Å². The molecule has 0 spiro atoms. The molecule has 0 saturated heterocycles. The van der Waals surface area contributed by atoms with Crippen LogP contribution in [0.3, 0.4) is 0 Å². The zero-order valence-corrected chi connectivity index (χ0v) is 22.3. The molecular weight excluding hydrogens is 528 g/mol. The van der Waals surface area contributed by atoms with Crippen LogP contribution in [0.1, 0.15) is 11.3 Å². The first-order valence-electron chi connectivity index (χ1n) is 13.4. The number of nitrogens with zero attached hydrogens (tertiary/aromatic N) is 12. The highest BCUT2D eigenvalue weighted by Gasteiger charge is 2.18. The molecule has 42 heavy (non-hydrogen) atoms. The lowest BCUT2D eigenvalue weighted by Gasteiger charge is -2.08. The van der Waals surface area contributed by atoms with Crippen LogP contribution in [0, 0.1) is 0 Å². The van der Waals surface area contributed by atoms with Crippen LogP contribution in [0.15, 0.2) is 80.3 Å². The first kappa shape index (κ1) is 22.9. The van der Waals surface area contributed by atoms with Gasteiger partial charge in [0.15, 0.2) is 5.65 Å². The van der Waals surface area contributed by atoms with Crippen molar-refractivity contribution >= 4 is 66.2 Å². The average Bonchev–Trinajstić information content (AvgIpc) is 3.63. The Hall–Kier alpha value is -5.91. The molecule has 9 heterocycles. The summed E-state index contributed by atoms with van der Waals surface area (Å²) in [4.78, 5) is 41.2. The zero-order chi connectivity index (χ0) is 27.8. The Balaban J connectivity index is 1.17. The highest BCUT2D eigenvalue weighted by molar-refractivity contribution is 6.06. The third-order valence-electron chi connectivity index (χ3n) is 7.93. The molecule has 0 aliphatic rings.